The minimum atomic E-state index is 1.05. The lowest BCUT2D eigenvalue weighted by Gasteiger charge is -2.04. The van der Waals surface area contributed by atoms with E-state index in [0.717, 1.165) is 32.1 Å². The first-order valence-electron chi connectivity index (χ1n) is 52.0. The summed E-state index contributed by atoms with van der Waals surface area (Å²) in [6, 6.07) is 29.9. The maximum atomic E-state index is 5.98. The third-order valence-electron chi connectivity index (χ3n) is 26.1. The molecule has 10 aromatic rings. The zero-order valence-electron chi connectivity index (χ0n) is 79.6. The van der Waals surface area contributed by atoms with Crippen LogP contribution in [0.5, 0.6) is 0 Å². The molecule has 0 atom stereocenters. The minimum absolute atomic E-state index is 1.05. The van der Waals surface area contributed by atoms with Crippen LogP contribution in [-0.2, 0) is 38.5 Å². The van der Waals surface area contributed by atoms with Crippen molar-refractivity contribution in [3.05, 3.63) is 116 Å². The molecular formula is C112H168N2S10. The molecule has 0 saturated carbocycles. The molecule has 0 aliphatic carbocycles. The molecular weight excluding hydrogens is 1690 g/mol. The van der Waals surface area contributed by atoms with E-state index in [2.05, 4.69) is 174 Å². The Morgan fingerprint density at radius 3 is 0.702 bits per heavy atom. The largest absolute Gasteiger partial charge is 0.240 e. The standard InChI is InChI=1S/C112H168N2S10/c1-9-15-21-27-33-39-45-51-57-63-69-89-83-88(8)116-105(89)103-85-91(71-65-59-53-47-41-35-29-23-17-11-3)107(121-103)111-113-93(73-67-61-55-49-43-37-31-25-19-13-5)109(123-111)100-81-79-97(118-100)98-80-82-101(119-98)110-94(74-68-62-56-50-44-38-32-26-20-14-6)114-112(124-110)108-92(72-66-60-54-48-42-36-30-24-18-12-4)86-104(122-108)106-90(70-64-58-52-46-40-34-28-22-16-10-2)84-102(120-106)99-78-77-96(117-99)95-76-75-87(7)115-95/h75-86H,9-74H2,1-8H3. The molecule has 0 unspecified atom stereocenters. The van der Waals surface area contributed by atoms with E-state index in [0.29, 0.717) is 0 Å². The van der Waals surface area contributed by atoms with Crippen molar-refractivity contribution in [2.24, 2.45) is 0 Å². The highest BCUT2D eigenvalue weighted by atomic mass is 32.1. The highest BCUT2D eigenvalue weighted by Crippen LogP contribution is 2.53. The molecule has 124 heavy (non-hydrogen) atoms. The summed E-state index contributed by atoms with van der Waals surface area (Å²) in [5, 5.41) is 2.54. The number of thiophene rings is 8. The molecule has 0 saturated heterocycles. The van der Waals surface area contributed by atoms with E-state index in [-0.39, 0.29) is 0 Å². The van der Waals surface area contributed by atoms with Gasteiger partial charge in [-0.15, -0.1) is 113 Å². The molecule has 10 rings (SSSR count). The Kier molecular flexibility index (Phi) is 51.7. The van der Waals surface area contributed by atoms with Crippen LogP contribution in [0.4, 0.5) is 0 Å². The average Bonchev–Trinajstić information content (AvgIpc) is 1.60. The van der Waals surface area contributed by atoms with Gasteiger partial charge in [0, 0.05) is 68.3 Å². The molecule has 12 heteroatoms. The third kappa shape index (κ3) is 36.4. The van der Waals surface area contributed by atoms with Crippen LogP contribution in [0.25, 0.3) is 88.0 Å². The summed E-state index contributed by atoms with van der Waals surface area (Å²) < 4.78 is 0. The van der Waals surface area contributed by atoms with Crippen LogP contribution < -0.4 is 0 Å². The van der Waals surface area contributed by atoms with Crippen LogP contribution in [-0.4, -0.2) is 9.97 Å². The van der Waals surface area contributed by atoms with Gasteiger partial charge in [0.2, 0.25) is 0 Å². The molecule has 10 aromatic heterocycles. The van der Waals surface area contributed by atoms with E-state index in [9.17, 15) is 0 Å². The van der Waals surface area contributed by atoms with E-state index in [4.69, 9.17) is 9.97 Å². The lowest BCUT2D eigenvalue weighted by molar-refractivity contribution is 0.555. The van der Waals surface area contributed by atoms with Crippen molar-refractivity contribution >= 4 is 113 Å². The molecule has 0 aromatic carbocycles. The van der Waals surface area contributed by atoms with E-state index in [1.165, 1.54) is 496 Å². The SMILES string of the molecule is CCCCCCCCCCCCc1cc(C)sc1-c1cc(CCCCCCCCCCCC)c(-c2nc(CCCCCCCCCCCC)c(-c3ccc(-c4ccc(-c5sc(-c6sc(-c7sc(-c8ccc(-c9ccc(C)s9)s8)cc7CCCCCCCCCCCC)cc6CCCCCCCCCCCC)nc5CCCCCCCCCCCC)s4)s3)s2)s1. The number of unbranched alkanes of at least 4 members (excludes halogenated alkanes) is 54. The highest BCUT2D eigenvalue weighted by molar-refractivity contribution is 7.32. The van der Waals surface area contributed by atoms with E-state index in [1.807, 2.05) is 68.0 Å². The summed E-state index contributed by atoms with van der Waals surface area (Å²) in [6.07, 6.45) is 88.5. The van der Waals surface area contributed by atoms with Gasteiger partial charge in [-0.1, -0.05) is 388 Å². The smallest absolute Gasteiger partial charge is 0.134 e. The number of thiazole rings is 2. The second-order valence-electron chi connectivity index (χ2n) is 37.2. The molecule has 0 radical (unpaired) electrons. The van der Waals surface area contributed by atoms with Gasteiger partial charge in [0.15, 0.2) is 0 Å². The van der Waals surface area contributed by atoms with E-state index in [1.54, 1.807) is 27.1 Å². The number of aromatic nitrogens is 2. The summed E-state index contributed by atoms with van der Waals surface area (Å²) in [7, 11) is 0. The van der Waals surface area contributed by atoms with E-state index < -0.39 is 0 Å². The monoisotopic (exact) mass is 1860 g/mol. The van der Waals surface area contributed by atoms with Crippen molar-refractivity contribution in [3.8, 4) is 88.0 Å². The molecule has 0 aliphatic heterocycles. The van der Waals surface area contributed by atoms with Gasteiger partial charge < -0.3 is 0 Å². The van der Waals surface area contributed by atoms with Crippen LogP contribution in [0.1, 0.15) is 470 Å². The minimum Gasteiger partial charge on any atom is -0.240 e. The molecule has 0 aliphatic rings. The fourth-order valence-corrected chi connectivity index (χ4v) is 30.3. The molecule has 0 spiro atoms. The zero-order chi connectivity index (χ0) is 86.7. The molecule has 686 valence electrons. The Labute approximate surface area is 799 Å². The molecule has 0 bridgehead atoms. The quantitative estimate of drug-likeness (QED) is 0.0355. The van der Waals surface area contributed by atoms with Crippen LogP contribution in [0.2, 0.25) is 0 Å². The number of hydrogen-bond donors (Lipinski definition) is 0. The molecule has 0 amide bonds. The van der Waals surface area contributed by atoms with Crippen molar-refractivity contribution in [1.82, 2.24) is 9.97 Å². The summed E-state index contributed by atoms with van der Waals surface area (Å²) in [4.78, 5) is 37.8. The van der Waals surface area contributed by atoms with Crippen molar-refractivity contribution in [3.63, 3.8) is 0 Å². The van der Waals surface area contributed by atoms with Crippen LogP contribution in [0, 0.1) is 13.8 Å². The Hall–Kier alpha value is -3.14. The fraction of sp³-hybridized carbons (Fsp3) is 0.661. The summed E-state index contributed by atoms with van der Waals surface area (Å²) in [5.41, 5.74) is 8.94. The molecule has 2 nitrogen and oxygen atoms in total. The summed E-state index contributed by atoms with van der Waals surface area (Å²) in [6.45, 7) is 18.6. The first-order valence-corrected chi connectivity index (χ1v) is 60.2. The average molecular weight is 1860 g/mol. The highest BCUT2D eigenvalue weighted by Gasteiger charge is 2.27. The second-order valence-corrected chi connectivity index (χ2v) is 48.1. The maximum Gasteiger partial charge on any atom is 0.134 e. The van der Waals surface area contributed by atoms with Gasteiger partial charge in [0.05, 0.1) is 30.9 Å². The fourth-order valence-electron chi connectivity index (χ4n) is 18.5. The van der Waals surface area contributed by atoms with Crippen molar-refractivity contribution < 1.29 is 0 Å². The van der Waals surface area contributed by atoms with Crippen molar-refractivity contribution in [2.45, 2.75) is 479 Å². The lowest BCUT2D eigenvalue weighted by atomic mass is 10.0. The Balaban J connectivity index is 0.958. The lowest BCUT2D eigenvalue weighted by Crippen LogP contribution is -1.90. The third-order valence-corrected chi connectivity index (χ3v) is 38.7. The zero-order valence-corrected chi connectivity index (χ0v) is 87.7. The first-order chi connectivity index (χ1) is 61.2. The second kappa shape index (κ2) is 62.3. The topological polar surface area (TPSA) is 25.8 Å². The molecule has 0 fully saturated rings. The summed E-state index contributed by atoms with van der Waals surface area (Å²) >= 11 is 20.4. The van der Waals surface area contributed by atoms with Crippen molar-refractivity contribution in [2.75, 3.05) is 0 Å². The number of hydrogen-bond acceptors (Lipinski definition) is 12. The normalized spacial score (nSPS) is 11.9. The van der Waals surface area contributed by atoms with Crippen LogP contribution in [0.3, 0.4) is 0 Å². The van der Waals surface area contributed by atoms with Gasteiger partial charge in [-0.3, -0.25) is 0 Å². The summed E-state index contributed by atoms with van der Waals surface area (Å²) in [5.74, 6) is 0. The van der Waals surface area contributed by atoms with Gasteiger partial charge in [-0.2, -0.15) is 0 Å². The molecule has 0 N–H and O–H groups in total. The number of aryl methyl sites for hydroxylation is 8. The Morgan fingerprint density at radius 1 is 0.169 bits per heavy atom. The van der Waals surface area contributed by atoms with Gasteiger partial charge in [0.25, 0.3) is 0 Å². The van der Waals surface area contributed by atoms with Gasteiger partial charge in [0.1, 0.15) is 10.0 Å². The Bertz CT molecular complexity index is 4380. The first kappa shape index (κ1) is 103. The van der Waals surface area contributed by atoms with E-state index >= 15 is 0 Å². The van der Waals surface area contributed by atoms with Crippen LogP contribution >= 0.6 is 113 Å². The maximum absolute atomic E-state index is 5.98. The number of rotatable bonds is 75. The van der Waals surface area contributed by atoms with Crippen LogP contribution in [0.15, 0.2) is 72.8 Å². The predicted molar refractivity (Wildman–Crippen MR) is 572 cm³/mol. The van der Waals surface area contributed by atoms with Crippen molar-refractivity contribution in [1.29, 1.82) is 0 Å². The van der Waals surface area contributed by atoms with Gasteiger partial charge >= 0.3 is 0 Å². The predicted octanol–water partition coefficient (Wildman–Crippen LogP) is 43.5. The van der Waals surface area contributed by atoms with Gasteiger partial charge in [-0.05, 0) is 186 Å². The molecule has 10 heterocycles. The Morgan fingerprint density at radius 2 is 0.395 bits per heavy atom. The van der Waals surface area contributed by atoms with Gasteiger partial charge in [-0.25, -0.2) is 9.97 Å². The number of nitrogens with zero attached hydrogens (tertiary/aromatic N) is 2.